The molecule has 5 aromatic rings. The van der Waals surface area contributed by atoms with Crippen LogP contribution >= 0.6 is 0 Å². The van der Waals surface area contributed by atoms with Gasteiger partial charge in [-0.1, -0.05) is 24.3 Å². The lowest BCUT2D eigenvalue weighted by Crippen LogP contribution is -2.29. The third kappa shape index (κ3) is 3.66. The van der Waals surface area contributed by atoms with Crippen LogP contribution in [0.1, 0.15) is 21.7 Å². The Kier molecular flexibility index (Phi) is 4.72. The van der Waals surface area contributed by atoms with Gasteiger partial charge in [-0.15, -0.1) is 0 Å². The molecule has 0 aliphatic rings. The summed E-state index contributed by atoms with van der Waals surface area (Å²) >= 11 is 0. The Morgan fingerprint density at radius 1 is 1.00 bits per heavy atom. The Labute approximate surface area is 176 Å². The van der Waals surface area contributed by atoms with E-state index < -0.39 is 0 Å². The summed E-state index contributed by atoms with van der Waals surface area (Å²) in [4.78, 5) is 37.1. The van der Waals surface area contributed by atoms with Gasteiger partial charge in [-0.2, -0.15) is 5.10 Å². The van der Waals surface area contributed by atoms with E-state index in [2.05, 4.69) is 25.4 Å². The molecule has 2 aromatic carbocycles. The molecule has 0 atom stereocenters. The average molecular weight is 410 g/mol. The molecule has 3 aromatic heterocycles. The van der Waals surface area contributed by atoms with E-state index in [1.807, 2.05) is 36.4 Å². The highest BCUT2D eigenvalue weighted by molar-refractivity contribution is 5.97. The topological polar surface area (TPSA) is 106 Å². The number of hydrogen-bond donors (Lipinski definition) is 2. The van der Waals surface area contributed by atoms with Gasteiger partial charge in [0.1, 0.15) is 0 Å². The van der Waals surface area contributed by atoms with Gasteiger partial charge in [-0.3, -0.25) is 14.6 Å². The van der Waals surface area contributed by atoms with Gasteiger partial charge in [-0.25, -0.2) is 9.67 Å². The zero-order valence-corrected chi connectivity index (χ0v) is 16.4. The molecule has 0 fully saturated rings. The largest absolute Gasteiger partial charge is 0.346 e. The minimum atomic E-state index is -0.232. The van der Waals surface area contributed by atoms with Crippen LogP contribution < -0.4 is 10.9 Å². The van der Waals surface area contributed by atoms with Gasteiger partial charge >= 0.3 is 0 Å². The number of nitrogens with zero attached hydrogens (tertiary/aromatic N) is 4. The van der Waals surface area contributed by atoms with Gasteiger partial charge in [0.25, 0.3) is 11.5 Å². The molecule has 0 bridgehead atoms. The highest BCUT2D eigenvalue weighted by atomic mass is 16.1. The molecular formula is C23H18N6O2. The van der Waals surface area contributed by atoms with Crippen molar-refractivity contribution in [2.75, 3.05) is 0 Å². The van der Waals surface area contributed by atoms with E-state index in [0.717, 1.165) is 16.7 Å². The summed E-state index contributed by atoms with van der Waals surface area (Å²) in [5.41, 5.74) is 3.26. The third-order valence-corrected chi connectivity index (χ3v) is 5.08. The number of H-pyrrole nitrogens is 1. The first-order valence-corrected chi connectivity index (χ1v) is 9.79. The molecule has 0 saturated carbocycles. The molecule has 1 amide bonds. The Balaban J connectivity index is 1.46. The smallest absolute Gasteiger partial charge is 0.275 e. The second-order valence-corrected chi connectivity index (χ2v) is 7.09. The van der Waals surface area contributed by atoms with Crippen molar-refractivity contribution in [1.29, 1.82) is 0 Å². The number of rotatable bonds is 5. The van der Waals surface area contributed by atoms with Gasteiger partial charge < -0.3 is 10.3 Å². The predicted molar refractivity (Wildman–Crippen MR) is 117 cm³/mol. The van der Waals surface area contributed by atoms with Crippen molar-refractivity contribution in [2.24, 2.45) is 0 Å². The molecule has 0 aliphatic carbocycles. The van der Waals surface area contributed by atoms with Crippen molar-refractivity contribution in [1.82, 2.24) is 30.0 Å². The Morgan fingerprint density at radius 2 is 1.84 bits per heavy atom. The number of carbonyl (C=O) groups is 1. The first-order chi connectivity index (χ1) is 15.2. The highest BCUT2D eigenvalue weighted by Gasteiger charge is 2.13. The summed E-state index contributed by atoms with van der Waals surface area (Å²) in [5.74, 6) is -0.232. The van der Waals surface area contributed by atoms with Gasteiger partial charge in [0.05, 0.1) is 47.2 Å². The number of pyridine rings is 1. The molecule has 0 spiro atoms. The number of carbonyl (C=O) groups excluding carboxylic acids is 1. The second kappa shape index (κ2) is 7.83. The van der Waals surface area contributed by atoms with E-state index >= 15 is 0 Å². The molecule has 152 valence electrons. The number of aromatic nitrogens is 5. The van der Waals surface area contributed by atoms with Crippen molar-refractivity contribution in [2.45, 2.75) is 13.1 Å². The maximum atomic E-state index is 12.9. The Hall–Kier alpha value is -4.33. The summed E-state index contributed by atoms with van der Waals surface area (Å²) in [6, 6.07) is 18.1. The van der Waals surface area contributed by atoms with E-state index in [0.29, 0.717) is 22.0 Å². The molecule has 5 rings (SSSR count). The summed E-state index contributed by atoms with van der Waals surface area (Å²) < 4.78 is 1.39. The maximum absolute atomic E-state index is 12.9. The van der Waals surface area contributed by atoms with Crippen molar-refractivity contribution < 1.29 is 4.79 Å². The third-order valence-electron chi connectivity index (χ3n) is 5.08. The monoisotopic (exact) mass is 410 g/mol. The lowest BCUT2D eigenvalue weighted by Gasteiger charge is -2.12. The van der Waals surface area contributed by atoms with Crippen LogP contribution in [0, 0.1) is 0 Å². The van der Waals surface area contributed by atoms with Crippen LogP contribution in [0.15, 0.2) is 78.0 Å². The fourth-order valence-electron chi connectivity index (χ4n) is 3.53. The van der Waals surface area contributed by atoms with Crippen LogP contribution in [-0.2, 0) is 13.1 Å². The predicted octanol–water partition coefficient (Wildman–Crippen LogP) is 2.65. The maximum Gasteiger partial charge on any atom is 0.275 e. The minimum absolute atomic E-state index is 0.183. The molecule has 2 N–H and O–H groups in total. The Bertz CT molecular complexity index is 1460. The van der Waals surface area contributed by atoms with Gasteiger partial charge in [0.15, 0.2) is 0 Å². The quantitative estimate of drug-likeness (QED) is 0.463. The number of hydrogen-bond acceptors (Lipinski definition) is 5. The minimum Gasteiger partial charge on any atom is -0.346 e. The van der Waals surface area contributed by atoms with Crippen molar-refractivity contribution in [3.05, 3.63) is 100 Å². The summed E-state index contributed by atoms with van der Waals surface area (Å²) in [5, 5.41) is 8.71. The summed E-state index contributed by atoms with van der Waals surface area (Å²) in [6.07, 6.45) is 3.27. The molecule has 8 nitrogen and oxygen atoms in total. The fourth-order valence-corrected chi connectivity index (χ4v) is 3.53. The molecule has 31 heavy (non-hydrogen) atoms. The summed E-state index contributed by atoms with van der Waals surface area (Å²) in [6.45, 7) is 0.435. The van der Waals surface area contributed by atoms with Crippen molar-refractivity contribution >= 4 is 27.7 Å². The number of aromatic amines is 1. The van der Waals surface area contributed by atoms with Crippen LogP contribution in [0.2, 0.25) is 0 Å². The number of nitrogens with one attached hydrogen (secondary N) is 2. The zero-order chi connectivity index (χ0) is 21.2. The molecule has 0 saturated heterocycles. The van der Waals surface area contributed by atoms with Gasteiger partial charge in [0.2, 0.25) is 0 Å². The Morgan fingerprint density at radius 3 is 2.68 bits per heavy atom. The van der Waals surface area contributed by atoms with E-state index in [9.17, 15) is 9.59 Å². The fraction of sp³-hybridized carbons (Fsp3) is 0.0870. The van der Waals surface area contributed by atoms with Crippen LogP contribution in [0.4, 0.5) is 0 Å². The van der Waals surface area contributed by atoms with E-state index in [1.54, 1.807) is 36.8 Å². The number of fused-ring (bicyclic) bond motifs is 2. The van der Waals surface area contributed by atoms with Gasteiger partial charge in [0, 0.05) is 17.1 Å². The van der Waals surface area contributed by atoms with Crippen LogP contribution in [-0.4, -0.2) is 30.6 Å². The average Bonchev–Trinajstić information content (AvgIpc) is 3.28. The highest BCUT2D eigenvalue weighted by Crippen LogP contribution is 2.15. The lowest BCUT2D eigenvalue weighted by molar-refractivity contribution is 0.0950. The van der Waals surface area contributed by atoms with Crippen LogP contribution in [0.25, 0.3) is 21.8 Å². The van der Waals surface area contributed by atoms with E-state index in [1.165, 1.54) is 4.68 Å². The van der Waals surface area contributed by atoms with Gasteiger partial charge in [-0.05, 0) is 36.4 Å². The molecule has 8 heteroatoms. The second-order valence-electron chi connectivity index (χ2n) is 7.09. The first kappa shape index (κ1) is 18.7. The van der Waals surface area contributed by atoms with E-state index in [-0.39, 0.29) is 24.6 Å². The molecule has 0 unspecified atom stereocenters. The first-order valence-electron chi connectivity index (χ1n) is 9.79. The molecular weight excluding hydrogens is 392 g/mol. The molecule has 0 aliphatic heterocycles. The number of benzene rings is 2. The normalized spacial score (nSPS) is 11.1. The number of imidazole rings is 1. The lowest BCUT2D eigenvalue weighted by atomic mass is 10.1. The van der Waals surface area contributed by atoms with Crippen molar-refractivity contribution in [3.63, 3.8) is 0 Å². The zero-order valence-electron chi connectivity index (χ0n) is 16.4. The molecule has 3 heterocycles. The summed E-state index contributed by atoms with van der Waals surface area (Å²) in [7, 11) is 0. The van der Waals surface area contributed by atoms with E-state index in [4.69, 9.17) is 0 Å². The van der Waals surface area contributed by atoms with Crippen LogP contribution in [0.5, 0.6) is 0 Å². The van der Waals surface area contributed by atoms with Crippen LogP contribution in [0.3, 0.4) is 0 Å². The number of amides is 1. The van der Waals surface area contributed by atoms with Crippen molar-refractivity contribution in [3.8, 4) is 0 Å². The molecule has 0 radical (unpaired) electrons. The standard InChI is InChI=1S/C23H18N6O2/c30-22(15-8-9-19-20(11-15)27-14-26-19)25-12-21-17-6-1-2-7-18(17)23(31)29(28-21)13-16-5-3-4-10-24-16/h1-11,14H,12-13H2,(H,25,30)(H,26,27). The SMILES string of the molecule is O=C(NCc1nn(Cc2ccccn2)c(=O)c2ccccc12)c1ccc2nc[nH]c2c1.